The van der Waals surface area contributed by atoms with Crippen molar-refractivity contribution in [2.45, 2.75) is 71.0 Å². The van der Waals surface area contributed by atoms with Crippen molar-refractivity contribution in [3.05, 3.63) is 0 Å². The number of nitrogens with one attached hydrogen (secondary N) is 1. The zero-order valence-electron chi connectivity index (χ0n) is 12.5. The third-order valence-electron chi connectivity index (χ3n) is 3.48. The van der Waals surface area contributed by atoms with Crippen molar-refractivity contribution in [2.75, 3.05) is 20.2 Å². The van der Waals surface area contributed by atoms with Crippen LogP contribution in [-0.4, -0.2) is 28.5 Å². The van der Waals surface area contributed by atoms with Crippen LogP contribution in [0, 0.1) is 0 Å². The number of unbranched alkanes of at least 4 members (excludes halogenated alkanes) is 2. The molecule has 0 aliphatic carbocycles. The molecule has 1 N–H and O–H groups in total. The van der Waals surface area contributed by atoms with Gasteiger partial charge in [-0.3, -0.25) is 0 Å². The van der Waals surface area contributed by atoms with Gasteiger partial charge in [-0.05, 0) is 45.1 Å². The van der Waals surface area contributed by atoms with Crippen molar-refractivity contribution < 1.29 is 4.43 Å². The van der Waals surface area contributed by atoms with Crippen LogP contribution in [0.25, 0.3) is 0 Å². The Morgan fingerprint density at radius 2 is 1.41 bits per heavy atom. The molecule has 0 heterocycles. The molecule has 0 aliphatic heterocycles. The van der Waals surface area contributed by atoms with Gasteiger partial charge in [-0.15, -0.1) is 0 Å². The van der Waals surface area contributed by atoms with E-state index in [1.807, 2.05) is 7.05 Å². The Morgan fingerprint density at radius 1 is 0.882 bits per heavy atom. The van der Waals surface area contributed by atoms with Crippen LogP contribution >= 0.6 is 0 Å². The van der Waals surface area contributed by atoms with Gasteiger partial charge in [0.25, 0.3) is 0 Å². The standard InChI is InChI=1S/C14H33NOSi/c1-5-8-12-17(16-7-3,13-9-6-2)14-10-11-15-4/h15H,5-14H2,1-4H3. The van der Waals surface area contributed by atoms with Crippen molar-refractivity contribution >= 4 is 8.32 Å². The van der Waals surface area contributed by atoms with Gasteiger partial charge >= 0.3 is 0 Å². The minimum atomic E-state index is -1.41. The number of rotatable bonds is 12. The van der Waals surface area contributed by atoms with E-state index in [0.29, 0.717) is 0 Å². The van der Waals surface area contributed by atoms with Crippen LogP contribution in [0.5, 0.6) is 0 Å². The summed E-state index contributed by atoms with van der Waals surface area (Å²) in [4.78, 5) is 0. The van der Waals surface area contributed by atoms with Gasteiger partial charge in [-0.25, -0.2) is 0 Å². The fraction of sp³-hybridized carbons (Fsp3) is 1.00. The van der Waals surface area contributed by atoms with E-state index in [4.69, 9.17) is 4.43 Å². The van der Waals surface area contributed by atoms with Crippen molar-refractivity contribution in [1.29, 1.82) is 0 Å². The molecular weight excluding hydrogens is 226 g/mol. The maximum atomic E-state index is 6.29. The molecule has 0 fully saturated rings. The quantitative estimate of drug-likeness (QED) is 0.419. The molecule has 0 amide bonds. The van der Waals surface area contributed by atoms with Crippen molar-refractivity contribution in [2.24, 2.45) is 0 Å². The normalized spacial score (nSPS) is 12.0. The summed E-state index contributed by atoms with van der Waals surface area (Å²) < 4.78 is 6.29. The lowest BCUT2D eigenvalue weighted by Gasteiger charge is -2.31. The first-order valence-corrected chi connectivity index (χ1v) is 10.1. The average Bonchev–Trinajstić information content (AvgIpc) is 2.34. The van der Waals surface area contributed by atoms with Gasteiger partial charge in [-0.2, -0.15) is 0 Å². The van der Waals surface area contributed by atoms with E-state index >= 15 is 0 Å². The van der Waals surface area contributed by atoms with Crippen LogP contribution in [0.15, 0.2) is 0 Å². The largest absolute Gasteiger partial charge is 0.417 e. The predicted octanol–water partition coefficient (Wildman–Crippen LogP) is 4.18. The fourth-order valence-electron chi connectivity index (χ4n) is 2.48. The first-order valence-electron chi connectivity index (χ1n) is 7.53. The second-order valence-corrected chi connectivity index (χ2v) is 9.18. The molecular formula is C14H33NOSi. The van der Waals surface area contributed by atoms with Gasteiger partial charge in [0.05, 0.1) is 0 Å². The minimum Gasteiger partial charge on any atom is -0.417 e. The summed E-state index contributed by atoms with van der Waals surface area (Å²) in [5.41, 5.74) is 0. The molecule has 0 aromatic carbocycles. The lowest BCUT2D eigenvalue weighted by Crippen LogP contribution is -2.38. The Balaban J connectivity index is 4.32. The van der Waals surface area contributed by atoms with E-state index in [0.717, 1.165) is 13.2 Å². The van der Waals surface area contributed by atoms with Crippen LogP contribution in [0.2, 0.25) is 18.1 Å². The molecule has 0 aliphatic rings. The Kier molecular flexibility index (Phi) is 11.3. The van der Waals surface area contributed by atoms with Crippen LogP contribution in [0.1, 0.15) is 52.9 Å². The molecule has 3 heteroatoms. The van der Waals surface area contributed by atoms with E-state index in [-0.39, 0.29) is 0 Å². The Hall–Kier alpha value is 0.137. The molecule has 0 rings (SSSR count). The molecule has 0 unspecified atom stereocenters. The van der Waals surface area contributed by atoms with Crippen LogP contribution in [0.3, 0.4) is 0 Å². The molecule has 0 atom stereocenters. The molecule has 0 bridgehead atoms. The zero-order valence-corrected chi connectivity index (χ0v) is 13.5. The van der Waals surface area contributed by atoms with Crippen LogP contribution in [0.4, 0.5) is 0 Å². The highest BCUT2D eigenvalue weighted by molar-refractivity contribution is 6.73. The van der Waals surface area contributed by atoms with E-state index in [2.05, 4.69) is 26.1 Å². The Bertz CT molecular complexity index is 156. The third-order valence-corrected chi connectivity index (χ3v) is 8.18. The highest BCUT2D eigenvalue weighted by Gasteiger charge is 2.32. The van der Waals surface area contributed by atoms with Crippen LogP contribution in [-0.2, 0) is 4.43 Å². The SMILES string of the molecule is CCCC[Si](CCCC)(CCCNC)OCC. The molecule has 17 heavy (non-hydrogen) atoms. The zero-order chi connectivity index (χ0) is 13.0. The predicted molar refractivity (Wildman–Crippen MR) is 80.2 cm³/mol. The van der Waals surface area contributed by atoms with Gasteiger partial charge in [0.15, 0.2) is 8.32 Å². The summed E-state index contributed by atoms with van der Waals surface area (Å²) in [6.45, 7) is 8.80. The average molecular weight is 260 g/mol. The van der Waals surface area contributed by atoms with E-state index < -0.39 is 8.32 Å². The maximum Gasteiger partial charge on any atom is 0.192 e. The molecule has 0 saturated carbocycles. The monoisotopic (exact) mass is 259 g/mol. The number of hydrogen-bond donors (Lipinski definition) is 1. The summed E-state index contributed by atoms with van der Waals surface area (Å²) in [6, 6.07) is 4.10. The van der Waals surface area contributed by atoms with Gasteiger partial charge < -0.3 is 9.74 Å². The summed E-state index contributed by atoms with van der Waals surface area (Å²) >= 11 is 0. The summed E-state index contributed by atoms with van der Waals surface area (Å²) in [5, 5.41) is 3.26. The maximum absolute atomic E-state index is 6.29. The minimum absolute atomic E-state index is 0.916. The van der Waals surface area contributed by atoms with Crippen LogP contribution < -0.4 is 5.32 Å². The van der Waals surface area contributed by atoms with Crippen molar-refractivity contribution in [3.8, 4) is 0 Å². The summed E-state index contributed by atoms with van der Waals surface area (Å²) in [7, 11) is 0.629. The number of hydrogen-bond acceptors (Lipinski definition) is 2. The van der Waals surface area contributed by atoms with E-state index in [1.165, 1.54) is 50.2 Å². The topological polar surface area (TPSA) is 21.3 Å². The second-order valence-electron chi connectivity index (χ2n) is 5.03. The van der Waals surface area contributed by atoms with Gasteiger partial charge in [0.1, 0.15) is 0 Å². The fourth-order valence-corrected chi connectivity index (χ4v) is 7.10. The molecule has 104 valence electrons. The summed E-state index contributed by atoms with van der Waals surface area (Å²) in [5.74, 6) is 0. The highest BCUT2D eigenvalue weighted by atomic mass is 28.4. The van der Waals surface area contributed by atoms with E-state index in [9.17, 15) is 0 Å². The summed E-state index contributed by atoms with van der Waals surface area (Å²) in [6.07, 6.45) is 6.61. The Labute approximate surface area is 110 Å². The molecule has 0 saturated heterocycles. The lowest BCUT2D eigenvalue weighted by atomic mass is 10.4. The van der Waals surface area contributed by atoms with E-state index in [1.54, 1.807) is 0 Å². The van der Waals surface area contributed by atoms with Gasteiger partial charge in [0.2, 0.25) is 0 Å². The third kappa shape index (κ3) is 7.95. The first kappa shape index (κ1) is 17.1. The highest BCUT2D eigenvalue weighted by Crippen LogP contribution is 2.28. The lowest BCUT2D eigenvalue weighted by molar-refractivity contribution is 0.314. The first-order chi connectivity index (χ1) is 8.24. The smallest absolute Gasteiger partial charge is 0.192 e. The van der Waals surface area contributed by atoms with Crippen molar-refractivity contribution in [1.82, 2.24) is 5.32 Å². The molecule has 0 spiro atoms. The molecule has 0 aromatic rings. The molecule has 0 radical (unpaired) electrons. The second kappa shape index (κ2) is 11.2. The Morgan fingerprint density at radius 3 is 1.82 bits per heavy atom. The van der Waals surface area contributed by atoms with Crippen molar-refractivity contribution in [3.63, 3.8) is 0 Å². The molecule has 0 aromatic heterocycles. The van der Waals surface area contributed by atoms with Gasteiger partial charge in [-0.1, -0.05) is 39.5 Å². The molecule has 2 nitrogen and oxygen atoms in total. The van der Waals surface area contributed by atoms with Gasteiger partial charge in [0, 0.05) is 6.61 Å².